The highest BCUT2D eigenvalue weighted by Gasteiger charge is 2.30. The molecule has 0 radical (unpaired) electrons. The number of hydrogen-bond donors (Lipinski definition) is 3. The molecule has 1 saturated carbocycles. The molecule has 1 amide bonds. The summed E-state index contributed by atoms with van der Waals surface area (Å²) in [6.07, 6.45) is 1.80. The van der Waals surface area contributed by atoms with Gasteiger partial charge in [0, 0.05) is 24.7 Å². The fourth-order valence-electron chi connectivity index (χ4n) is 2.62. The third-order valence-corrected chi connectivity index (χ3v) is 5.54. The average Bonchev–Trinajstić information content (AvgIpc) is 3.42. The van der Waals surface area contributed by atoms with Gasteiger partial charge in [0.1, 0.15) is 10.6 Å². The predicted molar refractivity (Wildman–Crippen MR) is 101 cm³/mol. The van der Waals surface area contributed by atoms with Crippen LogP contribution >= 0.6 is 0 Å². The first kappa shape index (κ1) is 17.3. The number of rotatable bonds is 6. The second-order valence-corrected chi connectivity index (χ2v) is 7.89. The van der Waals surface area contributed by atoms with Crippen LogP contribution in [-0.2, 0) is 14.9 Å². The van der Waals surface area contributed by atoms with Crippen LogP contribution in [0.3, 0.4) is 0 Å². The Balaban J connectivity index is 1.54. The summed E-state index contributed by atoms with van der Waals surface area (Å²) in [5, 5.41) is 5.65. The van der Waals surface area contributed by atoms with Crippen molar-refractivity contribution in [1.29, 1.82) is 0 Å². The van der Waals surface area contributed by atoms with Crippen LogP contribution in [0.1, 0.15) is 12.8 Å². The Bertz CT molecular complexity index is 1100. The summed E-state index contributed by atoms with van der Waals surface area (Å²) < 4.78 is 30.1. The molecule has 1 heterocycles. The van der Waals surface area contributed by atoms with Crippen LogP contribution in [-0.4, -0.2) is 31.3 Å². The van der Waals surface area contributed by atoms with Crippen molar-refractivity contribution >= 4 is 38.7 Å². The molecule has 1 fully saturated rings. The van der Waals surface area contributed by atoms with E-state index in [2.05, 4.69) is 20.6 Å². The number of benzene rings is 2. The third-order valence-electron chi connectivity index (χ3n) is 4.28. The van der Waals surface area contributed by atoms with Crippen molar-refractivity contribution in [2.24, 2.45) is 5.92 Å². The number of carbonyl (C=O) groups is 1. The first-order chi connectivity index (χ1) is 12.9. The van der Waals surface area contributed by atoms with E-state index in [9.17, 15) is 13.2 Å². The van der Waals surface area contributed by atoms with Gasteiger partial charge in [-0.3, -0.25) is 10.1 Å². The molecule has 8 nitrogen and oxygen atoms in total. The maximum Gasteiger partial charge on any atom is 0.339 e. The van der Waals surface area contributed by atoms with E-state index >= 15 is 0 Å². The fourth-order valence-corrected chi connectivity index (χ4v) is 3.55. The lowest BCUT2D eigenvalue weighted by atomic mass is 10.3. The summed E-state index contributed by atoms with van der Waals surface area (Å²) >= 11 is 0. The van der Waals surface area contributed by atoms with Gasteiger partial charge in [-0.05, 0) is 49.2 Å². The van der Waals surface area contributed by atoms with E-state index in [1.807, 2.05) is 0 Å². The summed E-state index contributed by atoms with van der Waals surface area (Å²) in [4.78, 5) is 19.2. The Morgan fingerprint density at radius 2 is 1.93 bits per heavy atom. The van der Waals surface area contributed by atoms with Gasteiger partial charge in [0.25, 0.3) is 0 Å². The number of anilines is 2. The van der Waals surface area contributed by atoms with Crippen LogP contribution in [0, 0.1) is 5.92 Å². The number of aromatic nitrogens is 2. The zero-order chi connectivity index (χ0) is 19.0. The van der Waals surface area contributed by atoms with E-state index in [0.717, 1.165) is 18.5 Å². The standard InChI is InChI=1S/C18H18N4O4S/c1-19-12-4-7-14(8-5-12)27(24,25)26-13-6-9-15-16(10-13)21-18(20-15)22-17(23)11-2-3-11/h4-11,19H,2-3H2,1H3,(H2,20,21,22,23). The second-order valence-electron chi connectivity index (χ2n) is 6.34. The topological polar surface area (TPSA) is 113 Å². The Morgan fingerprint density at radius 3 is 2.59 bits per heavy atom. The molecular weight excluding hydrogens is 368 g/mol. The Morgan fingerprint density at radius 1 is 1.19 bits per heavy atom. The number of H-pyrrole nitrogens is 1. The highest BCUT2D eigenvalue weighted by molar-refractivity contribution is 7.87. The van der Waals surface area contributed by atoms with Crippen molar-refractivity contribution in [3.8, 4) is 5.75 Å². The molecule has 1 aliphatic rings. The minimum atomic E-state index is -3.96. The molecule has 3 aromatic rings. The molecule has 2 aromatic carbocycles. The highest BCUT2D eigenvalue weighted by atomic mass is 32.2. The van der Waals surface area contributed by atoms with Gasteiger partial charge in [-0.25, -0.2) is 4.98 Å². The van der Waals surface area contributed by atoms with Crippen LogP contribution in [0.4, 0.5) is 11.6 Å². The molecule has 0 atom stereocenters. The zero-order valence-electron chi connectivity index (χ0n) is 14.5. The lowest BCUT2D eigenvalue weighted by Crippen LogP contribution is -2.14. The van der Waals surface area contributed by atoms with E-state index in [1.165, 1.54) is 24.3 Å². The molecule has 1 aromatic heterocycles. The van der Waals surface area contributed by atoms with Gasteiger partial charge in [-0.15, -0.1) is 0 Å². The van der Waals surface area contributed by atoms with Crippen molar-refractivity contribution < 1.29 is 17.4 Å². The lowest BCUT2D eigenvalue weighted by molar-refractivity contribution is -0.117. The Kier molecular flexibility index (Phi) is 4.23. The van der Waals surface area contributed by atoms with Crippen LogP contribution in [0.2, 0.25) is 0 Å². The van der Waals surface area contributed by atoms with Crippen molar-refractivity contribution in [3.05, 3.63) is 42.5 Å². The normalized spacial score (nSPS) is 14.1. The van der Waals surface area contributed by atoms with Gasteiger partial charge < -0.3 is 14.5 Å². The van der Waals surface area contributed by atoms with Crippen LogP contribution in [0.15, 0.2) is 47.4 Å². The summed E-state index contributed by atoms with van der Waals surface area (Å²) in [5.41, 5.74) is 1.97. The molecule has 3 N–H and O–H groups in total. The number of fused-ring (bicyclic) bond motifs is 1. The molecule has 140 valence electrons. The van der Waals surface area contributed by atoms with Crippen LogP contribution in [0.5, 0.6) is 5.75 Å². The first-order valence-electron chi connectivity index (χ1n) is 8.47. The molecule has 9 heteroatoms. The SMILES string of the molecule is CNc1ccc(S(=O)(=O)Oc2ccc3[nH]c(NC(=O)C4CC4)nc3c2)cc1. The molecule has 1 aliphatic carbocycles. The number of nitrogens with one attached hydrogen (secondary N) is 3. The number of amides is 1. The van der Waals surface area contributed by atoms with E-state index in [0.29, 0.717) is 17.0 Å². The zero-order valence-corrected chi connectivity index (χ0v) is 15.3. The van der Waals surface area contributed by atoms with Gasteiger partial charge in [0.05, 0.1) is 11.0 Å². The monoisotopic (exact) mass is 386 g/mol. The molecule has 0 unspecified atom stereocenters. The maximum absolute atomic E-state index is 12.4. The molecule has 0 aliphatic heterocycles. The average molecular weight is 386 g/mol. The lowest BCUT2D eigenvalue weighted by Gasteiger charge is -2.07. The number of aromatic amines is 1. The van der Waals surface area contributed by atoms with Crippen LogP contribution in [0.25, 0.3) is 11.0 Å². The molecule has 27 heavy (non-hydrogen) atoms. The van der Waals surface area contributed by atoms with Gasteiger partial charge in [-0.2, -0.15) is 8.42 Å². The highest BCUT2D eigenvalue weighted by Crippen LogP contribution is 2.30. The van der Waals surface area contributed by atoms with E-state index in [4.69, 9.17) is 4.18 Å². The second kappa shape index (κ2) is 6.58. The minimum Gasteiger partial charge on any atom is -0.388 e. The van der Waals surface area contributed by atoms with Crippen molar-refractivity contribution in [2.75, 3.05) is 17.7 Å². The van der Waals surface area contributed by atoms with Gasteiger partial charge in [-0.1, -0.05) is 0 Å². The third kappa shape index (κ3) is 3.72. The van der Waals surface area contributed by atoms with Gasteiger partial charge >= 0.3 is 10.1 Å². The van der Waals surface area contributed by atoms with E-state index in [1.54, 1.807) is 25.2 Å². The summed E-state index contributed by atoms with van der Waals surface area (Å²) in [5.74, 6) is 0.492. The van der Waals surface area contributed by atoms with E-state index < -0.39 is 10.1 Å². The van der Waals surface area contributed by atoms with Gasteiger partial charge in [0.2, 0.25) is 11.9 Å². The maximum atomic E-state index is 12.4. The molecule has 0 bridgehead atoms. The number of hydrogen-bond acceptors (Lipinski definition) is 6. The predicted octanol–water partition coefficient (Wildman–Crippen LogP) is 2.72. The Labute approximate surface area is 156 Å². The minimum absolute atomic E-state index is 0.0565. The van der Waals surface area contributed by atoms with Crippen molar-refractivity contribution in [3.63, 3.8) is 0 Å². The quantitative estimate of drug-likeness (QED) is 0.562. The summed E-state index contributed by atoms with van der Waals surface area (Å²) in [6.45, 7) is 0. The Hall–Kier alpha value is -3.07. The number of nitrogens with zero attached hydrogens (tertiary/aromatic N) is 1. The smallest absolute Gasteiger partial charge is 0.339 e. The largest absolute Gasteiger partial charge is 0.388 e. The molecule has 0 saturated heterocycles. The van der Waals surface area contributed by atoms with E-state index in [-0.39, 0.29) is 22.5 Å². The van der Waals surface area contributed by atoms with Crippen LogP contribution < -0.4 is 14.8 Å². The van der Waals surface area contributed by atoms with Crippen molar-refractivity contribution in [2.45, 2.75) is 17.7 Å². The van der Waals surface area contributed by atoms with Gasteiger partial charge in [0.15, 0.2) is 0 Å². The molecule has 4 rings (SSSR count). The number of imidazole rings is 1. The molecule has 0 spiro atoms. The number of carbonyl (C=O) groups excluding carboxylic acids is 1. The van der Waals surface area contributed by atoms with Crippen molar-refractivity contribution in [1.82, 2.24) is 9.97 Å². The fraction of sp³-hybridized carbons (Fsp3) is 0.222. The molecular formula is C18H18N4O4S. The first-order valence-corrected chi connectivity index (χ1v) is 9.88. The summed E-state index contributed by atoms with van der Waals surface area (Å²) in [6, 6.07) is 11.0. The summed E-state index contributed by atoms with van der Waals surface area (Å²) in [7, 11) is -2.21.